The van der Waals surface area contributed by atoms with Crippen LogP contribution < -0.4 is 0 Å². The molecule has 0 saturated heterocycles. The van der Waals surface area contributed by atoms with Gasteiger partial charge in [-0.25, -0.2) is 0 Å². The molecule has 15 heavy (non-hydrogen) atoms. The van der Waals surface area contributed by atoms with Crippen LogP contribution in [0.5, 0.6) is 0 Å². The van der Waals surface area contributed by atoms with Crippen LogP contribution in [-0.4, -0.2) is 4.98 Å². The number of hydrogen-bond donors (Lipinski definition) is 1. The molecular weight excluding hydrogens is 202 g/mol. The molecule has 2 heterocycles. The average Bonchev–Trinajstić information content (AvgIpc) is 2.70. The number of hydrogen-bond acceptors (Lipinski definition) is 1. The van der Waals surface area contributed by atoms with Gasteiger partial charge in [0.15, 0.2) is 0 Å². The molecule has 0 atom stereocenters. The maximum atomic E-state index is 3.53. The van der Waals surface area contributed by atoms with Gasteiger partial charge in [0.25, 0.3) is 0 Å². The van der Waals surface area contributed by atoms with E-state index in [1.165, 1.54) is 34.0 Å². The fourth-order valence-electron chi connectivity index (χ4n) is 3.01. The minimum atomic E-state index is 0.431. The lowest BCUT2D eigenvalue weighted by atomic mass is 9.96. The van der Waals surface area contributed by atoms with Crippen LogP contribution in [0.3, 0.4) is 0 Å². The van der Waals surface area contributed by atoms with E-state index in [9.17, 15) is 0 Å². The number of aromatic amines is 1. The van der Waals surface area contributed by atoms with Gasteiger partial charge in [-0.2, -0.15) is 0 Å². The minimum Gasteiger partial charge on any atom is -0.358 e. The number of rotatable bonds is 0. The number of aryl methyl sites for hydroxylation is 2. The Morgan fingerprint density at radius 1 is 1.20 bits per heavy atom. The van der Waals surface area contributed by atoms with Crippen molar-refractivity contribution in [3.63, 3.8) is 0 Å². The minimum absolute atomic E-state index is 0.431. The van der Waals surface area contributed by atoms with E-state index in [2.05, 4.69) is 31.0 Å². The molecule has 2 aliphatic carbocycles. The Balaban J connectivity index is 2.11. The van der Waals surface area contributed by atoms with E-state index in [1.807, 2.05) is 11.3 Å². The maximum Gasteiger partial charge on any atom is 0.0602 e. The summed E-state index contributed by atoms with van der Waals surface area (Å²) in [4.78, 5) is 6.49. The summed E-state index contributed by atoms with van der Waals surface area (Å²) in [7, 11) is 0. The number of fused-ring (bicyclic) bond motifs is 5. The fraction of sp³-hybridized carbons (Fsp3) is 0.385. The van der Waals surface area contributed by atoms with E-state index in [1.54, 1.807) is 11.1 Å². The van der Waals surface area contributed by atoms with Gasteiger partial charge in [0.2, 0.25) is 0 Å². The van der Waals surface area contributed by atoms with Crippen LogP contribution in [0, 0.1) is 13.8 Å². The Labute approximate surface area is 93.2 Å². The van der Waals surface area contributed by atoms with Gasteiger partial charge < -0.3 is 4.98 Å². The summed E-state index contributed by atoms with van der Waals surface area (Å²) in [5.41, 5.74) is 6.33. The van der Waals surface area contributed by atoms with Crippen LogP contribution in [0.1, 0.15) is 34.5 Å². The quantitative estimate of drug-likeness (QED) is 0.689. The van der Waals surface area contributed by atoms with Crippen molar-refractivity contribution >= 4 is 11.3 Å². The van der Waals surface area contributed by atoms with Crippen molar-refractivity contribution in [3.05, 3.63) is 33.8 Å². The monoisotopic (exact) mass is 215 g/mol. The molecule has 2 aromatic rings. The Kier molecular flexibility index (Phi) is 1.21. The van der Waals surface area contributed by atoms with E-state index in [-0.39, 0.29) is 0 Å². The van der Waals surface area contributed by atoms with Crippen molar-refractivity contribution in [2.45, 2.75) is 32.1 Å². The lowest BCUT2D eigenvalue weighted by molar-refractivity contribution is 0.883. The maximum absolute atomic E-state index is 3.53. The molecule has 1 spiro atoms. The summed E-state index contributed by atoms with van der Waals surface area (Å²) in [6, 6.07) is 4.75. The molecule has 1 N–H and O–H groups in total. The molecule has 76 valence electrons. The molecule has 0 bridgehead atoms. The van der Waals surface area contributed by atoms with Crippen molar-refractivity contribution in [1.29, 1.82) is 0 Å². The lowest BCUT2D eigenvalue weighted by Gasteiger charge is -2.06. The van der Waals surface area contributed by atoms with Gasteiger partial charge in [-0.15, -0.1) is 11.3 Å². The molecule has 2 heteroatoms. The molecule has 1 fully saturated rings. The SMILES string of the molecule is Cc1cc2c([nH]1)-c1sc(C)cc1C21CC1. The van der Waals surface area contributed by atoms with Crippen molar-refractivity contribution in [1.82, 2.24) is 4.98 Å². The second-order valence-electron chi connectivity index (χ2n) is 4.92. The Bertz CT molecular complexity index is 521. The average molecular weight is 215 g/mol. The van der Waals surface area contributed by atoms with Gasteiger partial charge in [-0.1, -0.05) is 0 Å². The molecule has 1 saturated carbocycles. The highest BCUT2D eigenvalue weighted by atomic mass is 32.1. The lowest BCUT2D eigenvalue weighted by Crippen LogP contribution is -2.01. The van der Waals surface area contributed by atoms with Crippen molar-refractivity contribution in [3.8, 4) is 10.6 Å². The van der Waals surface area contributed by atoms with Crippen LogP contribution in [0.15, 0.2) is 12.1 Å². The number of nitrogens with one attached hydrogen (secondary N) is 1. The first kappa shape index (κ1) is 8.17. The van der Waals surface area contributed by atoms with Gasteiger partial charge in [0.05, 0.1) is 10.6 Å². The highest BCUT2D eigenvalue weighted by Crippen LogP contribution is 2.64. The highest BCUT2D eigenvalue weighted by Gasteiger charge is 2.53. The van der Waals surface area contributed by atoms with Gasteiger partial charge in [-0.05, 0) is 49.9 Å². The van der Waals surface area contributed by atoms with Crippen molar-refractivity contribution in [2.75, 3.05) is 0 Å². The summed E-state index contributed by atoms with van der Waals surface area (Å²) in [5.74, 6) is 0. The van der Waals surface area contributed by atoms with E-state index < -0.39 is 0 Å². The van der Waals surface area contributed by atoms with Gasteiger partial charge in [0.1, 0.15) is 0 Å². The number of H-pyrrole nitrogens is 1. The summed E-state index contributed by atoms with van der Waals surface area (Å²) < 4.78 is 0. The van der Waals surface area contributed by atoms with Crippen molar-refractivity contribution in [2.24, 2.45) is 0 Å². The molecule has 1 nitrogen and oxygen atoms in total. The predicted octanol–water partition coefficient (Wildman–Crippen LogP) is 3.75. The summed E-state index contributed by atoms with van der Waals surface area (Å²) in [6.07, 6.45) is 2.70. The van der Waals surface area contributed by atoms with E-state index >= 15 is 0 Å². The van der Waals surface area contributed by atoms with Crippen LogP contribution in [0.2, 0.25) is 0 Å². The normalized spacial score (nSPS) is 19.3. The molecule has 0 unspecified atom stereocenters. The fourth-order valence-corrected chi connectivity index (χ4v) is 4.14. The molecule has 2 aliphatic rings. The Morgan fingerprint density at radius 2 is 2.00 bits per heavy atom. The summed E-state index contributed by atoms with van der Waals surface area (Å²) >= 11 is 1.94. The van der Waals surface area contributed by atoms with E-state index in [4.69, 9.17) is 0 Å². The molecule has 2 aromatic heterocycles. The second-order valence-corrected chi connectivity index (χ2v) is 6.18. The second kappa shape index (κ2) is 2.22. The first-order chi connectivity index (χ1) is 7.21. The first-order valence-corrected chi connectivity index (χ1v) is 6.34. The molecule has 4 rings (SSSR count). The number of thiophene rings is 1. The van der Waals surface area contributed by atoms with E-state index in [0.717, 1.165) is 0 Å². The standard InChI is InChI=1S/C13H13NS/c1-7-5-9-11(14-7)12-10(6-8(2)15-12)13(9)3-4-13/h5-6,14H,3-4H2,1-2H3. The van der Waals surface area contributed by atoms with Gasteiger partial charge in [0, 0.05) is 16.0 Å². The van der Waals surface area contributed by atoms with Gasteiger partial charge >= 0.3 is 0 Å². The zero-order valence-corrected chi connectivity index (χ0v) is 9.79. The zero-order valence-electron chi connectivity index (χ0n) is 8.98. The molecule has 0 amide bonds. The first-order valence-electron chi connectivity index (χ1n) is 5.52. The van der Waals surface area contributed by atoms with Crippen LogP contribution in [-0.2, 0) is 5.41 Å². The molecule has 0 aliphatic heterocycles. The predicted molar refractivity (Wildman–Crippen MR) is 63.6 cm³/mol. The molecule has 0 aromatic carbocycles. The van der Waals surface area contributed by atoms with Crippen LogP contribution in [0.25, 0.3) is 10.6 Å². The van der Waals surface area contributed by atoms with E-state index in [0.29, 0.717) is 5.41 Å². The third-order valence-electron chi connectivity index (χ3n) is 3.82. The third kappa shape index (κ3) is 0.809. The van der Waals surface area contributed by atoms with Gasteiger partial charge in [-0.3, -0.25) is 0 Å². The Morgan fingerprint density at radius 3 is 2.73 bits per heavy atom. The molecular formula is C13H13NS. The topological polar surface area (TPSA) is 15.8 Å². The largest absolute Gasteiger partial charge is 0.358 e. The smallest absolute Gasteiger partial charge is 0.0602 e. The van der Waals surface area contributed by atoms with Crippen molar-refractivity contribution < 1.29 is 0 Å². The van der Waals surface area contributed by atoms with Crippen LogP contribution in [0.4, 0.5) is 0 Å². The third-order valence-corrected chi connectivity index (χ3v) is 4.88. The molecule has 0 radical (unpaired) electrons. The Hall–Kier alpha value is -1.02. The van der Waals surface area contributed by atoms with Crippen LogP contribution >= 0.6 is 11.3 Å². The summed E-state index contributed by atoms with van der Waals surface area (Å²) in [6.45, 7) is 4.38. The number of aromatic nitrogens is 1. The summed E-state index contributed by atoms with van der Waals surface area (Å²) in [5, 5.41) is 0. The zero-order chi connectivity index (χ0) is 10.2. The highest BCUT2D eigenvalue weighted by molar-refractivity contribution is 7.15.